The van der Waals surface area contributed by atoms with Gasteiger partial charge in [-0.2, -0.15) is 4.31 Å². The minimum Gasteiger partial charge on any atom is -0.493 e. The number of anilines is 1. The van der Waals surface area contributed by atoms with E-state index >= 15 is 0 Å². The molecular formula is C22H24F2N3O6S+. The van der Waals surface area contributed by atoms with Crippen LogP contribution >= 0.6 is 0 Å². The van der Waals surface area contributed by atoms with Crippen molar-refractivity contribution < 1.29 is 41.2 Å². The first-order chi connectivity index (χ1) is 16.2. The largest absolute Gasteiger partial charge is 0.493 e. The Morgan fingerprint density at radius 3 is 2.18 bits per heavy atom. The number of amides is 2. The van der Waals surface area contributed by atoms with Gasteiger partial charge in [0.25, 0.3) is 5.91 Å². The molecular weight excluding hydrogens is 472 g/mol. The predicted molar refractivity (Wildman–Crippen MR) is 116 cm³/mol. The predicted octanol–water partition coefficient (Wildman–Crippen LogP) is 0.203. The van der Waals surface area contributed by atoms with Crippen molar-refractivity contribution in [3.05, 3.63) is 48.0 Å². The summed E-state index contributed by atoms with van der Waals surface area (Å²) < 4.78 is 65.2. The molecule has 0 radical (unpaired) electrons. The van der Waals surface area contributed by atoms with Crippen LogP contribution in [0.4, 0.5) is 14.5 Å². The summed E-state index contributed by atoms with van der Waals surface area (Å²) in [6.07, 6.45) is -0.0306. The second-order valence-corrected chi connectivity index (χ2v) is 9.85. The molecule has 2 aromatic rings. The molecule has 0 aromatic heterocycles. The van der Waals surface area contributed by atoms with E-state index < -0.39 is 38.5 Å². The van der Waals surface area contributed by atoms with Gasteiger partial charge >= 0.3 is 0 Å². The number of halogens is 2. The lowest BCUT2D eigenvalue weighted by Crippen LogP contribution is -3.19. The van der Waals surface area contributed by atoms with Crippen molar-refractivity contribution in [2.75, 3.05) is 45.3 Å². The van der Waals surface area contributed by atoms with Gasteiger partial charge in [0, 0.05) is 6.07 Å². The molecule has 2 aliphatic heterocycles. The zero-order valence-corrected chi connectivity index (χ0v) is 19.4. The number of carbonyl (C=O) groups excluding carboxylic acids is 2. The van der Waals surface area contributed by atoms with Crippen molar-refractivity contribution >= 4 is 27.5 Å². The molecule has 4 rings (SSSR count). The summed E-state index contributed by atoms with van der Waals surface area (Å²) in [7, 11) is -1.46. The minimum atomic E-state index is -4.38. The van der Waals surface area contributed by atoms with Gasteiger partial charge in [0.05, 0.1) is 52.5 Å². The van der Waals surface area contributed by atoms with E-state index in [9.17, 15) is 26.8 Å². The summed E-state index contributed by atoms with van der Waals surface area (Å²) in [5.41, 5.74) is 0.353. The van der Waals surface area contributed by atoms with E-state index in [1.807, 2.05) is 0 Å². The number of rotatable bonds is 6. The third-order valence-electron chi connectivity index (χ3n) is 6.15. The van der Waals surface area contributed by atoms with Crippen molar-refractivity contribution in [1.82, 2.24) is 4.31 Å². The van der Waals surface area contributed by atoms with Gasteiger partial charge < -0.3 is 14.4 Å². The monoisotopic (exact) mass is 496 g/mol. The van der Waals surface area contributed by atoms with Crippen molar-refractivity contribution in [1.29, 1.82) is 0 Å². The maximum absolute atomic E-state index is 14.1. The molecule has 12 heteroatoms. The molecule has 0 spiro atoms. The average molecular weight is 497 g/mol. The number of ether oxygens (including phenoxy) is 2. The van der Waals surface area contributed by atoms with E-state index in [1.165, 1.54) is 14.2 Å². The number of benzene rings is 2. The molecule has 1 N–H and O–H groups in total. The smallest absolute Gasteiger partial charge is 0.292 e. The van der Waals surface area contributed by atoms with Crippen molar-refractivity contribution in [3.63, 3.8) is 0 Å². The van der Waals surface area contributed by atoms with Crippen molar-refractivity contribution in [2.24, 2.45) is 0 Å². The molecule has 9 nitrogen and oxygen atoms in total. The van der Waals surface area contributed by atoms with Crippen LogP contribution in [-0.2, 0) is 19.6 Å². The molecule has 2 aromatic carbocycles. The summed E-state index contributed by atoms with van der Waals surface area (Å²) in [5, 5.41) is 0. The molecule has 0 unspecified atom stereocenters. The van der Waals surface area contributed by atoms with Crippen LogP contribution in [-0.4, -0.2) is 71.0 Å². The van der Waals surface area contributed by atoms with Gasteiger partial charge in [-0.3, -0.25) is 9.59 Å². The number of nitrogens with one attached hydrogen (secondary N) is 1. The van der Waals surface area contributed by atoms with Crippen LogP contribution in [0, 0.1) is 11.6 Å². The van der Waals surface area contributed by atoms with Crippen LogP contribution in [0.15, 0.2) is 41.3 Å². The Morgan fingerprint density at radius 2 is 1.59 bits per heavy atom. The van der Waals surface area contributed by atoms with Gasteiger partial charge in [0.15, 0.2) is 22.4 Å². The van der Waals surface area contributed by atoms with Gasteiger partial charge in [0.1, 0.15) is 11.6 Å². The van der Waals surface area contributed by atoms with E-state index in [4.69, 9.17) is 9.47 Å². The van der Waals surface area contributed by atoms with Crippen LogP contribution in [0.3, 0.4) is 0 Å². The summed E-state index contributed by atoms with van der Waals surface area (Å²) in [5.74, 6) is -2.26. The fraction of sp³-hybridized carbons (Fsp3) is 0.364. The van der Waals surface area contributed by atoms with E-state index in [-0.39, 0.29) is 38.5 Å². The van der Waals surface area contributed by atoms with Crippen LogP contribution in [0.25, 0.3) is 0 Å². The Hall–Kier alpha value is -3.09. The molecule has 182 valence electrons. The van der Waals surface area contributed by atoms with E-state index in [0.717, 1.165) is 32.3 Å². The second-order valence-electron chi connectivity index (χ2n) is 7.98. The summed E-state index contributed by atoms with van der Waals surface area (Å²) in [6.45, 7) is 0.330. The molecule has 0 bridgehead atoms. The summed E-state index contributed by atoms with van der Waals surface area (Å²) in [4.78, 5) is 26.7. The van der Waals surface area contributed by atoms with Crippen LogP contribution in [0.2, 0.25) is 0 Å². The van der Waals surface area contributed by atoms with E-state index in [0.29, 0.717) is 17.2 Å². The standard InChI is InChI=1S/C22H23F2N3O6S/c1-32-18-7-6-14(12-19(18)33-2)27-20(28)13-17(22(27)29)25-8-10-26(11-9-25)34(30,31)21-15(23)4-3-5-16(21)24/h3-7,12,17H,8-11,13H2,1-2H3/p+1/t17-/m0/s1. The Morgan fingerprint density at radius 1 is 0.971 bits per heavy atom. The Balaban J connectivity index is 1.48. The third kappa shape index (κ3) is 4.12. The lowest BCUT2D eigenvalue weighted by Gasteiger charge is -2.33. The highest BCUT2D eigenvalue weighted by Crippen LogP contribution is 2.33. The molecule has 2 amide bonds. The Bertz CT molecular complexity index is 1210. The second kappa shape index (κ2) is 9.28. The Labute approximate surface area is 195 Å². The number of piperazine rings is 1. The highest BCUT2D eigenvalue weighted by molar-refractivity contribution is 7.89. The first-order valence-electron chi connectivity index (χ1n) is 10.6. The molecule has 34 heavy (non-hydrogen) atoms. The van der Waals surface area contributed by atoms with Crippen LogP contribution in [0.5, 0.6) is 11.5 Å². The zero-order valence-electron chi connectivity index (χ0n) is 18.6. The van der Waals surface area contributed by atoms with Gasteiger partial charge in [-0.05, 0) is 24.3 Å². The summed E-state index contributed by atoms with van der Waals surface area (Å²) >= 11 is 0. The van der Waals surface area contributed by atoms with Gasteiger partial charge in [-0.25, -0.2) is 22.1 Å². The van der Waals surface area contributed by atoms with Crippen LogP contribution < -0.4 is 19.3 Å². The van der Waals surface area contributed by atoms with Crippen LogP contribution in [0.1, 0.15) is 6.42 Å². The van der Waals surface area contributed by atoms with Crippen molar-refractivity contribution in [2.45, 2.75) is 17.4 Å². The highest BCUT2D eigenvalue weighted by Gasteiger charge is 2.47. The van der Waals surface area contributed by atoms with Crippen molar-refractivity contribution in [3.8, 4) is 11.5 Å². The number of imide groups is 1. The number of sulfonamides is 1. The number of quaternary nitrogens is 1. The number of methoxy groups -OCH3 is 2. The maximum Gasteiger partial charge on any atom is 0.292 e. The first kappa shape index (κ1) is 24.0. The Kier molecular flexibility index (Phi) is 6.56. The lowest BCUT2D eigenvalue weighted by atomic mass is 10.2. The minimum absolute atomic E-state index is 0.0306. The topological polar surface area (TPSA) is 97.7 Å². The number of nitrogens with zero attached hydrogens (tertiary/aromatic N) is 2. The van der Waals surface area contributed by atoms with E-state index in [2.05, 4.69) is 0 Å². The molecule has 2 aliphatic rings. The number of hydrogen-bond acceptors (Lipinski definition) is 6. The highest BCUT2D eigenvalue weighted by atomic mass is 32.2. The quantitative estimate of drug-likeness (QED) is 0.574. The third-order valence-corrected chi connectivity index (χ3v) is 8.10. The molecule has 1 atom stereocenters. The molecule has 0 aliphatic carbocycles. The molecule has 2 heterocycles. The van der Waals surface area contributed by atoms with Gasteiger partial charge in [-0.1, -0.05) is 6.07 Å². The fourth-order valence-electron chi connectivity index (χ4n) is 4.41. The maximum atomic E-state index is 14.1. The summed E-state index contributed by atoms with van der Waals surface area (Å²) in [6, 6.07) is 6.92. The van der Waals surface area contributed by atoms with Gasteiger partial charge in [-0.15, -0.1) is 0 Å². The lowest BCUT2D eigenvalue weighted by molar-refractivity contribution is -0.918. The zero-order chi connectivity index (χ0) is 24.6. The molecule has 2 saturated heterocycles. The SMILES string of the molecule is COc1ccc(N2C(=O)C[C@H]([NH+]3CCN(S(=O)(=O)c4c(F)cccc4F)CC3)C2=O)cc1OC. The fourth-order valence-corrected chi connectivity index (χ4v) is 5.96. The number of carbonyl (C=O) groups is 2. The molecule has 0 saturated carbocycles. The average Bonchev–Trinajstić information content (AvgIpc) is 3.12. The number of hydrogen-bond donors (Lipinski definition) is 1. The first-order valence-corrected chi connectivity index (χ1v) is 12.0. The normalized spacial score (nSPS) is 20.1. The van der Waals surface area contributed by atoms with E-state index in [1.54, 1.807) is 18.2 Å². The van der Waals surface area contributed by atoms with Gasteiger partial charge in [0.2, 0.25) is 15.9 Å². The molecule has 2 fully saturated rings.